The monoisotopic (exact) mass is 262 g/mol. The number of Topliss-reactive ketones (excluding diaryl/α,β-unsaturated/α-hetero) is 1. The molecule has 0 aromatic heterocycles. The number of anilines is 1. The van der Waals surface area contributed by atoms with Crippen molar-refractivity contribution >= 4 is 11.5 Å². The average Bonchev–Trinajstić information content (AvgIpc) is 2.48. The molecular formula is C17H14N2O. The van der Waals surface area contributed by atoms with Gasteiger partial charge in [-0.15, -0.1) is 0 Å². The zero-order valence-electron chi connectivity index (χ0n) is 10.9. The normalized spacial score (nSPS) is 9.80. The molecule has 0 aliphatic heterocycles. The molecule has 98 valence electrons. The highest BCUT2D eigenvalue weighted by atomic mass is 16.1. The lowest BCUT2D eigenvalue weighted by molar-refractivity contribution is 0.100. The molecule has 0 saturated heterocycles. The number of nitrogens with one attached hydrogen (secondary N) is 1. The van der Waals surface area contributed by atoms with E-state index in [1.54, 1.807) is 6.07 Å². The van der Waals surface area contributed by atoms with Crippen LogP contribution < -0.4 is 11.1 Å². The molecular weight excluding hydrogens is 248 g/mol. The predicted molar refractivity (Wildman–Crippen MR) is 80.2 cm³/mol. The van der Waals surface area contributed by atoms with Crippen LogP contribution in [0.4, 0.5) is 5.69 Å². The van der Waals surface area contributed by atoms with E-state index in [9.17, 15) is 4.79 Å². The second kappa shape index (κ2) is 6.55. The Morgan fingerprint density at radius 2 is 1.90 bits per heavy atom. The zero-order valence-corrected chi connectivity index (χ0v) is 10.9. The molecule has 0 saturated carbocycles. The Bertz CT molecular complexity index is 642. The fraction of sp³-hybridized carbons (Fsp3) is 0.0588. The van der Waals surface area contributed by atoms with Crippen LogP contribution in [-0.2, 0) is 0 Å². The molecule has 0 atom stereocenters. The van der Waals surface area contributed by atoms with Gasteiger partial charge in [0.15, 0.2) is 5.78 Å². The molecule has 0 fully saturated rings. The minimum atomic E-state index is -0.179. The van der Waals surface area contributed by atoms with Crippen LogP contribution >= 0.6 is 0 Å². The Hall–Kier alpha value is -2.57. The molecule has 2 radical (unpaired) electrons. The van der Waals surface area contributed by atoms with Crippen molar-refractivity contribution in [1.29, 1.82) is 0 Å². The molecule has 20 heavy (non-hydrogen) atoms. The average molecular weight is 262 g/mol. The van der Waals surface area contributed by atoms with Crippen LogP contribution in [0.25, 0.3) is 0 Å². The van der Waals surface area contributed by atoms with Crippen LogP contribution in [0.3, 0.4) is 0 Å². The van der Waals surface area contributed by atoms with Gasteiger partial charge in [-0.1, -0.05) is 48.9 Å². The van der Waals surface area contributed by atoms with Gasteiger partial charge in [-0.25, -0.2) is 0 Å². The molecule has 0 aliphatic rings. The highest BCUT2D eigenvalue weighted by Crippen LogP contribution is 2.24. The molecule has 0 amide bonds. The van der Waals surface area contributed by atoms with Crippen LogP contribution in [0.2, 0.25) is 0 Å². The summed E-state index contributed by atoms with van der Waals surface area (Å²) in [5.74, 6) is -0.179. The summed E-state index contributed by atoms with van der Waals surface area (Å²) in [7, 11) is 0. The molecule has 0 spiro atoms. The Kier molecular flexibility index (Phi) is 4.54. The van der Waals surface area contributed by atoms with Crippen molar-refractivity contribution in [3.8, 4) is 12.5 Å². The SMILES string of the molecule is C#CNc1cccc([C]c2ccccc2)c1C(=O)CN. The summed E-state index contributed by atoms with van der Waals surface area (Å²) in [5.41, 5.74) is 8.08. The summed E-state index contributed by atoms with van der Waals surface area (Å²) in [6.07, 6.45) is 8.45. The van der Waals surface area contributed by atoms with Crippen molar-refractivity contribution in [2.24, 2.45) is 5.73 Å². The quantitative estimate of drug-likeness (QED) is 0.494. The smallest absolute Gasteiger partial charge is 0.178 e. The Morgan fingerprint density at radius 1 is 1.15 bits per heavy atom. The molecule has 2 aromatic rings. The summed E-state index contributed by atoms with van der Waals surface area (Å²) in [5, 5.41) is 2.73. The van der Waals surface area contributed by atoms with Gasteiger partial charge in [-0.05, 0) is 17.2 Å². The third-order valence-corrected chi connectivity index (χ3v) is 2.79. The third-order valence-electron chi connectivity index (χ3n) is 2.79. The molecule has 0 bridgehead atoms. The maximum atomic E-state index is 12.0. The molecule has 2 aromatic carbocycles. The van der Waals surface area contributed by atoms with Crippen molar-refractivity contribution in [3.63, 3.8) is 0 Å². The van der Waals surface area contributed by atoms with E-state index >= 15 is 0 Å². The Balaban J connectivity index is 2.44. The van der Waals surface area contributed by atoms with Crippen LogP contribution in [0.1, 0.15) is 21.5 Å². The minimum Gasteiger partial charge on any atom is -0.324 e. The van der Waals surface area contributed by atoms with Crippen molar-refractivity contribution in [2.75, 3.05) is 11.9 Å². The summed E-state index contributed by atoms with van der Waals surface area (Å²) >= 11 is 0. The number of carbonyl (C=O) groups excluding carboxylic acids is 1. The number of hydrogen-bond acceptors (Lipinski definition) is 3. The number of ketones is 1. The van der Waals surface area contributed by atoms with E-state index in [2.05, 4.69) is 17.8 Å². The standard InChI is InChI=1S/C17H14N2O/c1-2-19-15-10-6-9-14(17(15)16(20)12-18)11-13-7-4-3-5-8-13/h1,3-10,19H,12,18H2. The van der Waals surface area contributed by atoms with E-state index in [4.69, 9.17) is 12.2 Å². The maximum Gasteiger partial charge on any atom is 0.178 e. The first-order valence-electron chi connectivity index (χ1n) is 6.16. The van der Waals surface area contributed by atoms with E-state index in [0.29, 0.717) is 16.8 Å². The molecule has 3 N–H and O–H groups in total. The van der Waals surface area contributed by atoms with Gasteiger partial charge >= 0.3 is 0 Å². The van der Waals surface area contributed by atoms with E-state index in [1.165, 1.54) is 0 Å². The number of nitrogens with two attached hydrogens (primary N) is 1. The largest absolute Gasteiger partial charge is 0.324 e. The van der Waals surface area contributed by atoms with Crippen LogP contribution in [0.15, 0.2) is 48.5 Å². The third kappa shape index (κ3) is 3.05. The molecule has 3 nitrogen and oxygen atoms in total. The molecule has 0 aliphatic carbocycles. The first-order chi connectivity index (χ1) is 9.76. The van der Waals surface area contributed by atoms with Crippen LogP contribution in [-0.4, -0.2) is 12.3 Å². The van der Waals surface area contributed by atoms with Gasteiger partial charge in [-0.3, -0.25) is 4.79 Å². The summed E-state index contributed by atoms with van der Waals surface area (Å²) < 4.78 is 0. The van der Waals surface area contributed by atoms with Gasteiger partial charge in [-0.2, -0.15) is 0 Å². The van der Waals surface area contributed by atoms with E-state index < -0.39 is 0 Å². The van der Waals surface area contributed by atoms with Crippen molar-refractivity contribution in [2.45, 2.75) is 0 Å². The Labute approximate surface area is 118 Å². The van der Waals surface area contributed by atoms with E-state index in [0.717, 1.165) is 5.56 Å². The van der Waals surface area contributed by atoms with Crippen molar-refractivity contribution < 1.29 is 4.79 Å². The molecule has 3 heteroatoms. The highest BCUT2D eigenvalue weighted by molar-refractivity contribution is 6.04. The Morgan fingerprint density at radius 3 is 2.55 bits per heavy atom. The first-order valence-corrected chi connectivity index (χ1v) is 6.16. The number of rotatable bonds is 5. The maximum absolute atomic E-state index is 12.0. The van der Waals surface area contributed by atoms with Crippen molar-refractivity contribution in [3.05, 3.63) is 71.6 Å². The van der Waals surface area contributed by atoms with Gasteiger partial charge in [0, 0.05) is 11.6 Å². The zero-order chi connectivity index (χ0) is 14.4. The number of terminal acetylenes is 1. The number of benzene rings is 2. The lowest BCUT2D eigenvalue weighted by Gasteiger charge is -2.12. The fourth-order valence-corrected chi connectivity index (χ4v) is 1.92. The predicted octanol–water partition coefficient (Wildman–Crippen LogP) is 2.31. The lowest BCUT2D eigenvalue weighted by atomic mass is 9.95. The minimum absolute atomic E-state index is 0.0767. The van der Waals surface area contributed by atoms with E-state index in [-0.39, 0.29) is 12.3 Å². The van der Waals surface area contributed by atoms with Crippen molar-refractivity contribution in [1.82, 2.24) is 0 Å². The number of carbonyl (C=O) groups is 1. The van der Waals surface area contributed by atoms with Crippen LogP contribution in [0, 0.1) is 18.9 Å². The topological polar surface area (TPSA) is 55.1 Å². The van der Waals surface area contributed by atoms with Gasteiger partial charge in [0.25, 0.3) is 0 Å². The second-order valence-electron chi connectivity index (χ2n) is 4.12. The van der Waals surface area contributed by atoms with Gasteiger partial charge in [0.05, 0.1) is 18.7 Å². The second-order valence-corrected chi connectivity index (χ2v) is 4.12. The summed E-state index contributed by atoms with van der Waals surface area (Å²) in [4.78, 5) is 12.0. The molecule has 0 heterocycles. The number of hydrogen-bond donors (Lipinski definition) is 2. The van der Waals surface area contributed by atoms with Gasteiger partial charge in [0.2, 0.25) is 0 Å². The van der Waals surface area contributed by atoms with Crippen LogP contribution in [0.5, 0.6) is 0 Å². The van der Waals surface area contributed by atoms with Gasteiger partial charge < -0.3 is 11.1 Å². The molecule has 0 unspecified atom stereocenters. The van der Waals surface area contributed by atoms with Gasteiger partial charge in [0.1, 0.15) is 0 Å². The summed E-state index contributed by atoms with van der Waals surface area (Å²) in [6, 6.07) is 17.3. The lowest BCUT2D eigenvalue weighted by Crippen LogP contribution is -2.17. The first kappa shape index (κ1) is 13.9. The summed E-state index contributed by atoms with van der Waals surface area (Å²) in [6.45, 7) is -0.0767. The van der Waals surface area contributed by atoms with E-state index in [1.807, 2.05) is 42.5 Å². The molecule has 2 rings (SSSR count). The highest BCUT2D eigenvalue weighted by Gasteiger charge is 2.15. The fourth-order valence-electron chi connectivity index (χ4n) is 1.92.